The molecule has 2 rings (SSSR count). The normalized spacial score (nSPS) is 12.1. The zero-order chi connectivity index (χ0) is 21.6. The number of ketones is 1. The number of rotatable bonds is 9. The summed E-state index contributed by atoms with van der Waals surface area (Å²) in [5.74, 6) is 0.538. The maximum atomic E-state index is 12.4. The summed E-state index contributed by atoms with van der Waals surface area (Å²) in [5, 5.41) is 2.82. The molecule has 0 aliphatic carbocycles. The average molecular weight is 419 g/mol. The number of hydrogen-bond donors (Lipinski definition) is 1. The Morgan fingerprint density at radius 1 is 0.966 bits per heavy atom. The lowest BCUT2D eigenvalue weighted by Gasteiger charge is -2.15. The molecule has 2 aromatic rings. The van der Waals surface area contributed by atoms with Crippen molar-refractivity contribution in [2.75, 3.05) is 20.5 Å². The van der Waals surface area contributed by atoms with Crippen LogP contribution < -0.4 is 14.8 Å². The molecule has 0 fully saturated rings. The molecule has 0 saturated heterocycles. The molecule has 0 heterocycles. The fraction of sp³-hybridized carbons (Fsp3) is 0.333. The lowest BCUT2D eigenvalue weighted by Crippen LogP contribution is -2.27. The van der Waals surface area contributed by atoms with E-state index in [0.29, 0.717) is 17.1 Å². The standard InChI is InChI=1S/C21H25NO6S/c1-14(15-5-8-17(9-6-15)29(4,25)26)22-21(24)12-10-18(23)16-7-11-19(27-2)20(13-16)28-3/h5-9,11,13-14H,10,12H2,1-4H3,(H,22,24). The molecule has 1 amide bonds. The summed E-state index contributed by atoms with van der Waals surface area (Å²) in [4.78, 5) is 24.8. The second-order valence-electron chi connectivity index (χ2n) is 6.62. The summed E-state index contributed by atoms with van der Waals surface area (Å²) in [6.45, 7) is 1.80. The molecule has 1 N–H and O–H groups in total. The van der Waals surface area contributed by atoms with Gasteiger partial charge < -0.3 is 14.8 Å². The number of nitrogens with one attached hydrogen (secondary N) is 1. The first-order valence-electron chi connectivity index (χ1n) is 9.00. The molecule has 0 radical (unpaired) electrons. The van der Waals surface area contributed by atoms with Gasteiger partial charge in [0.25, 0.3) is 0 Å². The number of carbonyl (C=O) groups excluding carboxylic acids is 2. The number of methoxy groups -OCH3 is 2. The molecule has 1 unspecified atom stereocenters. The van der Waals surface area contributed by atoms with E-state index in [-0.39, 0.29) is 35.5 Å². The highest BCUT2D eigenvalue weighted by Crippen LogP contribution is 2.28. The Balaban J connectivity index is 1.93. The van der Waals surface area contributed by atoms with Gasteiger partial charge in [0.15, 0.2) is 27.1 Å². The second-order valence-corrected chi connectivity index (χ2v) is 8.64. The smallest absolute Gasteiger partial charge is 0.220 e. The minimum Gasteiger partial charge on any atom is -0.493 e. The van der Waals surface area contributed by atoms with Gasteiger partial charge in [0.2, 0.25) is 5.91 Å². The van der Waals surface area contributed by atoms with Gasteiger partial charge >= 0.3 is 0 Å². The van der Waals surface area contributed by atoms with E-state index in [1.54, 1.807) is 37.3 Å². The molecule has 1 atom stereocenters. The topological polar surface area (TPSA) is 98.8 Å². The van der Waals surface area contributed by atoms with E-state index in [2.05, 4.69) is 5.32 Å². The first-order valence-corrected chi connectivity index (χ1v) is 10.9. The van der Waals surface area contributed by atoms with Crippen LogP contribution in [0.5, 0.6) is 11.5 Å². The van der Waals surface area contributed by atoms with Crippen molar-refractivity contribution in [1.82, 2.24) is 5.32 Å². The first-order chi connectivity index (χ1) is 13.7. The van der Waals surface area contributed by atoms with Crippen molar-refractivity contribution in [2.45, 2.75) is 30.7 Å². The lowest BCUT2D eigenvalue weighted by atomic mass is 10.0. The van der Waals surface area contributed by atoms with Crippen LogP contribution in [-0.4, -0.2) is 40.6 Å². The Morgan fingerprint density at radius 3 is 2.14 bits per heavy atom. The Bertz CT molecular complexity index is 983. The van der Waals surface area contributed by atoms with Crippen LogP contribution in [0.4, 0.5) is 0 Å². The summed E-state index contributed by atoms with van der Waals surface area (Å²) in [6.07, 6.45) is 1.24. The van der Waals surface area contributed by atoms with Crippen molar-refractivity contribution in [1.29, 1.82) is 0 Å². The largest absolute Gasteiger partial charge is 0.493 e. The zero-order valence-corrected chi connectivity index (χ0v) is 17.7. The molecule has 0 bridgehead atoms. The maximum absolute atomic E-state index is 12.4. The molecule has 0 spiro atoms. The van der Waals surface area contributed by atoms with Crippen LogP contribution in [0.3, 0.4) is 0 Å². The third-order valence-electron chi connectivity index (χ3n) is 4.47. The first kappa shape index (κ1) is 22.4. The van der Waals surface area contributed by atoms with E-state index in [4.69, 9.17) is 9.47 Å². The fourth-order valence-electron chi connectivity index (χ4n) is 2.78. The monoisotopic (exact) mass is 419 g/mol. The van der Waals surface area contributed by atoms with Gasteiger partial charge in [0, 0.05) is 24.7 Å². The summed E-state index contributed by atoms with van der Waals surface area (Å²) in [6, 6.07) is 10.9. The lowest BCUT2D eigenvalue weighted by molar-refractivity contribution is -0.121. The van der Waals surface area contributed by atoms with Gasteiger partial charge in [-0.25, -0.2) is 8.42 Å². The third kappa shape index (κ3) is 6.05. The van der Waals surface area contributed by atoms with Crippen LogP contribution in [-0.2, 0) is 14.6 Å². The number of carbonyl (C=O) groups is 2. The van der Waals surface area contributed by atoms with Crippen LogP contribution in [0.15, 0.2) is 47.4 Å². The second kappa shape index (κ2) is 9.56. The molecular formula is C21H25NO6S. The highest BCUT2D eigenvalue weighted by atomic mass is 32.2. The SMILES string of the molecule is COc1ccc(C(=O)CCC(=O)NC(C)c2ccc(S(C)(=O)=O)cc2)cc1OC. The minimum absolute atomic E-state index is 0.0406. The van der Waals surface area contributed by atoms with Crippen molar-refractivity contribution >= 4 is 21.5 Å². The summed E-state index contributed by atoms with van der Waals surface area (Å²) in [5.41, 5.74) is 1.22. The maximum Gasteiger partial charge on any atom is 0.220 e. The van der Waals surface area contributed by atoms with Gasteiger partial charge in [0.1, 0.15) is 0 Å². The van der Waals surface area contributed by atoms with Gasteiger partial charge in [0.05, 0.1) is 25.2 Å². The molecule has 8 heteroatoms. The average Bonchev–Trinajstić information content (AvgIpc) is 2.70. The number of benzene rings is 2. The molecule has 0 aliphatic rings. The molecule has 7 nitrogen and oxygen atoms in total. The van der Waals surface area contributed by atoms with Crippen LogP contribution in [0, 0.1) is 0 Å². The highest BCUT2D eigenvalue weighted by molar-refractivity contribution is 7.90. The van der Waals surface area contributed by atoms with Gasteiger partial charge in [-0.2, -0.15) is 0 Å². The third-order valence-corrected chi connectivity index (χ3v) is 5.60. The fourth-order valence-corrected chi connectivity index (χ4v) is 3.41. The van der Waals surface area contributed by atoms with Gasteiger partial charge in [-0.1, -0.05) is 12.1 Å². The molecule has 156 valence electrons. The Morgan fingerprint density at radius 2 is 1.59 bits per heavy atom. The predicted molar refractivity (Wildman–Crippen MR) is 109 cm³/mol. The number of amides is 1. The highest BCUT2D eigenvalue weighted by Gasteiger charge is 2.15. The Hall–Kier alpha value is -2.87. The van der Waals surface area contributed by atoms with E-state index in [0.717, 1.165) is 11.8 Å². The minimum atomic E-state index is -3.26. The van der Waals surface area contributed by atoms with Crippen molar-refractivity contribution in [2.24, 2.45) is 0 Å². The van der Waals surface area contributed by atoms with Crippen LogP contribution in [0.2, 0.25) is 0 Å². The van der Waals surface area contributed by atoms with Gasteiger partial charge in [-0.3, -0.25) is 9.59 Å². The van der Waals surface area contributed by atoms with E-state index in [1.807, 2.05) is 0 Å². The van der Waals surface area contributed by atoms with Crippen molar-refractivity contribution < 1.29 is 27.5 Å². The Labute approximate surface area is 170 Å². The molecule has 0 aliphatic heterocycles. The number of ether oxygens (including phenoxy) is 2. The number of Topliss-reactive ketones (excluding diaryl/α,β-unsaturated/α-hetero) is 1. The van der Waals surface area contributed by atoms with Gasteiger partial charge in [-0.15, -0.1) is 0 Å². The van der Waals surface area contributed by atoms with Crippen molar-refractivity contribution in [3.63, 3.8) is 0 Å². The van der Waals surface area contributed by atoms with Crippen molar-refractivity contribution in [3.05, 3.63) is 53.6 Å². The molecule has 2 aromatic carbocycles. The van der Waals surface area contributed by atoms with E-state index < -0.39 is 9.84 Å². The quantitative estimate of drug-likeness (QED) is 0.628. The van der Waals surface area contributed by atoms with Crippen LogP contribution >= 0.6 is 0 Å². The number of sulfone groups is 1. The predicted octanol–water partition coefficient (Wildman–Crippen LogP) is 2.95. The molecule has 29 heavy (non-hydrogen) atoms. The van der Waals surface area contributed by atoms with E-state index >= 15 is 0 Å². The van der Waals surface area contributed by atoms with E-state index in [9.17, 15) is 18.0 Å². The van der Waals surface area contributed by atoms with E-state index in [1.165, 1.54) is 26.4 Å². The summed E-state index contributed by atoms with van der Waals surface area (Å²) >= 11 is 0. The molecule has 0 saturated carbocycles. The van der Waals surface area contributed by atoms with Crippen molar-refractivity contribution in [3.8, 4) is 11.5 Å². The Kier molecular flexibility index (Phi) is 7.39. The molecule has 0 aromatic heterocycles. The van der Waals surface area contributed by atoms with Crippen LogP contribution in [0.25, 0.3) is 0 Å². The zero-order valence-electron chi connectivity index (χ0n) is 16.9. The van der Waals surface area contributed by atoms with Gasteiger partial charge in [-0.05, 0) is 42.8 Å². The van der Waals surface area contributed by atoms with Crippen LogP contribution in [0.1, 0.15) is 41.7 Å². The summed E-state index contributed by atoms with van der Waals surface area (Å²) < 4.78 is 33.4. The molecular weight excluding hydrogens is 394 g/mol. The number of hydrogen-bond acceptors (Lipinski definition) is 6. The summed E-state index contributed by atoms with van der Waals surface area (Å²) in [7, 11) is -0.261.